The van der Waals surface area contributed by atoms with Crippen molar-refractivity contribution in [1.29, 1.82) is 0 Å². The molecule has 1 aliphatic heterocycles. The average molecular weight is 522 g/mol. The zero-order valence-electron chi connectivity index (χ0n) is 17.9. The fourth-order valence-corrected chi connectivity index (χ4v) is 4.58. The monoisotopic (exact) mass is 520 g/mol. The Balaban J connectivity index is 1.96. The van der Waals surface area contributed by atoms with Crippen molar-refractivity contribution in [1.82, 2.24) is 4.90 Å². The SMILES string of the molecule is COC(=O)C1=C(Nc2c(-c3c(O)ccc4ccccc34)cc(Cl)c(Cl)c2Cl)C(=O)N(CCO)C1. The van der Waals surface area contributed by atoms with Crippen LogP contribution in [0.15, 0.2) is 53.7 Å². The van der Waals surface area contributed by atoms with E-state index in [1.807, 2.05) is 24.3 Å². The lowest BCUT2D eigenvalue weighted by atomic mass is 9.95. The number of aliphatic hydroxyl groups is 1. The number of aromatic hydroxyl groups is 1. The number of carbonyl (C=O) groups excluding carboxylic acids is 2. The van der Waals surface area contributed by atoms with Crippen molar-refractivity contribution in [3.63, 3.8) is 0 Å². The number of nitrogens with one attached hydrogen (secondary N) is 1. The van der Waals surface area contributed by atoms with Crippen molar-refractivity contribution in [3.05, 3.63) is 68.8 Å². The lowest BCUT2D eigenvalue weighted by Crippen LogP contribution is -2.31. The summed E-state index contributed by atoms with van der Waals surface area (Å²) in [6.07, 6.45) is 0. The fraction of sp³-hybridized carbons (Fsp3) is 0.167. The Morgan fingerprint density at radius 3 is 2.59 bits per heavy atom. The summed E-state index contributed by atoms with van der Waals surface area (Å²) < 4.78 is 4.84. The van der Waals surface area contributed by atoms with E-state index in [0.717, 1.165) is 5.39 Å². The molecule has 10 heteroatoms. The lowest BCUT2D eigenvalue weighted by Gasteiger charge is -2.20. The standard InChI is InChI=1S/C24H19Cl3N2O5/c1-34-24(33)15-11-29(8-9-30)23(32)22(15)28-21-14(10-16(25)19(26)20(21)27)18-13-5-3-2-4-12(13)6-7-17(18)31/h2-7,10,28,30-31H,8-9,11H2,1H3. The Kier molecular flexibility index (Phi) is 6.91. The number of ether oxygens (including phenoxy) is 1. The highest BCUT2D eigenvalue weighted by Crippen LogP contribution is 2.48. The smallest absolute Gasteiger partial charge is 0.337 e. The molecule has 0 saturated carbocycles. The van der Waals surface area contributed by atoms with Crippen LogP contribution in [-0.2, 0) is 14.3 Å². The van der Waals surface area contributed by atoms with Gasteiger partial charge in [0.2, 0.25) is 0 Å². The van der Waals surface area contributed by atoms with Gasteiger partial charge in [0.1, 0.15) is 11.4 Å². The van der Waals surface area contributed by atoms with E-state index in [-0.39, 0.29) is 57.5 Å². The molecule has 1 heterocycles. The molecule has 0 bridgehead atoms. The number of hydrogen-bond donors (Lipinski definition) is 3. The molecule has 0 unspecified atom stereocenters. The molecule has 4 rings (SSSR count). The van der Waals surface area contributed by atoms with Crippen molar-refractivity contribution in [3.8, 4) is 16.9 Å². The highest BCUT2D eigenvalue weighted by atomic mass is 35.5. The van der Waals surface area contributed by atoms with E-state index in [0.29, 0.717) is 16.5 Å². The Labute approximate surface area is 210 Å². The summed E-state index contributed by atoms with van der Waals surface area (Å²) in [5, 5.41) is 24.8. The molecule has 3 aromatic carbocycles. The van der Waals surface area contributed by atoms with Gasteiger partial charge >= 0.3 is 5.97 Å². The molecule has 3 aromatic rings. The molecule has 176 valence electrons. The number of phenols is 1. The van der Waals surface area contributed by atoms with Crippen molar-refractivity contribution in [2.75, 3.05) is 32.1 Å². The number of anilines is 1. The molecule has 0 aromatic heterocycles. The van der Waals surface area contributed by atoms with Gasteiger partial charge in [-0.3, -0.25) is 4.79 Å². The number of methoxy groups -OCH3 is 1. The van der Waals surface area contributed by atoms with Crippen LogP contribution in [0.1, 0.15) is 0 Å². The molecule has 7 nitrogen and oxygen atoms in total. The fourth-order valence-electron chi connectivity index (χ4n) is 3.93. The number of nitrogens with zero attached hydrogens (tertiary/aromatic N) is 1. The lowest BCUT2D eigenvalue weighted by molar-refractivity contribution is -0.136. The van der Waals surface area contributed by atoms with Crippen LogP contribution >= 0.6 is 34.8 Å². The zero-order valence-corrected chi connectivity index (χ0v) is 20.1. The molecule has 0 aliphatic carbocycles. The summed E-state index contributed by atoms with van der Waals surface area (Å²) in [4.78, 5) is 26.8. The Bertz CT molecular complexity index is 1360. The summed E-state index contributed by atoms with van der Waals surface area (Å²) in [6.45, 7) is -0.311. The minimum atomic E-state index is -0.706. The molecule has 0 radical (unpaired) electrons. The van der Waals surface area contributed by atoms with Gasteiger partial charge in [0.15, 0.2) is 0 Å². The van der Waals surface area contributed by atoms with Crippen LogP contribution in [0.25, 0.3) is 21.9 Å². The van der Waals surface area contributed by atoms with Crippen molar-refractivity contribution >= 4 is 63.1 Å². The second kappa shape index (κ2) is 9.72. The topological polar surface area (TPSA) is 99.1 Å². The average Bonchev–Trinajstić information content (AvgIpc) is 3.14. The maximum absolute atomic E-state index is 13.1. The summed E-state index contributed by atoms with van der Waals surface area (Å²) in [5.41, 5.74) is 0.967. The van der Waals surface area contributed by atoms with Crippen LogP contribution in [0.2, 0.25) is 15.1 Å². The number of benzene rings is 3. The van der Waals surface area contributed by atoms with Crippen molar-refractivity contribution in [2.45, 2.75) is 0 Å². The predicted octanol–water partition coefficient (Wildman–Crippen LogP) is 4.85. The number of phenolic OH excluding ortho intramolecular Hbond substituents is 1. The van der Waals surface area contributed by atoms with Gasteiger partial charge in [-0.2, -0.15) is 0 Å². The Morgan fingerprint density at radius 1 is 1.15 bits per heavy atom. The van der Waals surface area contributed by atoms with Gasteiger partial charge in [0, 0.05) is 17.7 Å². The molecular formula is C24H19Cl3N2O5. The number of aliphatic hydroxyl groups excluding tert-OH is 1. The Morgan fingerprint density at radius 2 is 1.88 bits per heavy atom. The first-order valence-corrected chi connectivity index (χ1v) is 11.3. The van der Waals surface area contributed by atoms with Crippen molar-refractivity contribution in [2.24, 2.45) is 0 Å². The number of halogens is 3. The van der Waals surface area contributed by atoms with Gasteiger partial charge in [0.05, 0.1) is 46.6 Å². The molecule has 0 spiro atoms. The minimum absolute atomic E-state index is 0.00150. The quantitative estimate of drug-likeness (QED) is 0.317. The summed E-state index contributed by atoms with van der Waals surface area (Å²) in [5.74, 6) is -1.27. The Hall–Kier alpha value is -2.97. The molecule has 0 fully saturated rings. The molecule has 0 saturated heterocycles. The molecule has 1 amide bonds. The van der Waals surface area contributed by atoms with E-state index >= 15 is 0 Å². The number of hydrogen-bond acceptors (Lipinski definition) is 6. The van der Waals surface area contributed by atoms with Crippen LogP contribution in [0.3, 0.4) is 0 Å². The van der Waals surface area contributed by atoms with E-state index in [1.54, 1.807) is 12.1 Å². The first-order valence-electron chi connectivity index (χ1n) is 10.2. The maximum Gasteiger partial charge on any atom is 0.337 e. The highest BCUT2D eigenvalue weighted by Gasteiger charge is 2.35. The van der Waals surface area contributed by atoms with E-state index in [9.17, 15) is 19.8 Å². The maximum atomic E-state index is 13.1. The minimum Gasteiger partial charge on any atom is -0.507 e. The van der Waals surface area contributed by atoms with E-state index < -0.39 is 11.9 Å². The third-order valence-corrected chi connectivity index (χ3v) is 6.80. The highest BCUT2D eigenvalue weighted by molar-refractivity contribution is 6.50. The number of fused-ring (bicyclic) bond motifs is 1. The molecule has 34 heavy (non-hydrogen) atoms. The third kappa shape index (κ3) is 4.16. The predicted molar refractivity (Wildman–Crippen MR) is 132 cm³/mol. The second-order valence-electron chi connectivity index (χ2n) is 7.51. The van der Waals surface area contributed by atoms with Crippen LogP contribution in [0.5, 0.6) is 5.75 Å². The first-order chi connectivity index (χ1) is 16.3. The summed E-state index contributed by atoms with van der Waals surface area (Å²) >= 11 is 19.2. The summed E-state index contributed by atoms with van der Waals surface area (Å²) in [6, 6.07) is 12.2. The summed E-state index contributed by atoms with van der Waals surface area (Å²) in [7, 11) is 1.21. The van der Waals surface area contributed by atoms with E-state index in [4.69, 9.17) is 39.5 Å². The normalized spacial score (nSPS) is 13.7. The van der Waals surface area contributed by atoms with Gasteiger partial charge in [-0.1, -0.05) is 65.1 Å². The molecule has 1 aliphatic rings. The third-order valence-electron chi connectivity index (χ3n) is 5.54. The van der Waals surface area contributed by atoms with Gasteiger partial charge in [-0.25, -0.2) is 4.79 Å². The number of carbonyl (C=O) groups is 2. The zero-order chi connectivity index (χ0) is 24.6. The number of amides is 1. The largest absolute Gasteiger partial charge is 0.507 e. The molecular weight excluding hydrogens is 503 g/mol. The van der Waals surface area contributed by atoms with Crippen molar-refractivity contribution < 1.29 is 24.5 Å². The van der Waals surface area contributed by atoms with Gasteiger partial charge in [-0.05, 0) is 22.9 Å². The second-order valence-corrected chi connectivity index (χ2v) is 8.67. The van der Waals surface area contributed by atoms with Gasteiger partial charge < -0.3 is 25.2 Å². The van der Waals surface area contributed by atoms with Gasteiger partial charge in [-0.15, -0.1) is 0 Å². The molecule has 3 N–H and O–H groups in total. The van der Waals surface area contributed by atoms with Crippen LogP contribution < -0.4 is 5.32 Å². The number of rotatable bonds is 6. The number of esters is 1. The number of β-amino-alcohol motifs (C(OH)–C–C–N with tert-alkyl or cyclic N) is 1. The van der Waals surface area contributed by atoms with Crippen LogP contribution in [0, 0.1) is 0 Å². The van der Waals surface area contributed by atoms with Crippen LogP contribution in [0.4, 0.5) is 5.69 Å². The molecule has 0 atom stereocenters. The van der Waals surface area contributed by atoms with Gasteiger partial charge in [0.25, 0.3) is 5.91 Å². The first kappa shape index (κ1) is 24.2. The van der Waals surface area contributed by atoms with Crippen LogP contribution in [-0.4, -0.2) is 53.8 Å². The van der Waals surface area contributed by atoms with E-state index in [2.05, 4.69) is 5.32 Å². The van der Waals surface area contributed by atoms with E-state index in [1.165, 1.54) is 18.1 Å².